The van der Waals surface area contributed by atoms with E-state index in [1.807, 2.05) is 60.7 Å². The zero-order valence-corrected chi connectivity index (χ0v) is 14.5. The van der Waals surface area contributed by atoms with Crippen LogP contribution in [-0.2, 0) is 14.3 Å². The summed E-state index contributed by atoms with van der Waals surface area (Å²) in [7, 11) is 0. The zero-order chi connectivity index (χ0) is 16.8. The first-order chi connectivity index (χ1) is 11.7. The van der Waals surface area contributed by atoms with Gasteiger partial charge >= 0.3 is 5.97 Å². The van der Waals surface area contributed by atoms with E-state index in [0.29, 0.717) is 6.61 Å². The normalized spacial score (nSPS) is 20.2. The first kappa shape index (κ1) is 16.7. The molecule has 0 amide bonds. The first-order valence-electron chi connectivity index (χ1n) is 7.64. The minimum absolute atomic E-state index is 0.0224. The van der Waals surface area contributed by atoms with E-state index in [-0.39, 0.29) is 4.83 Å². The highest BCUT2D eigenvalue weighted by Gasteiger charge is 2.28. The van der Waals surface area contributed by atoms with Crippen LogP contribution in [0.5, 0.6) is 0 Å². The van der Waals surface area contributed by atoms with Gasteiger partial charge in [-0.15, -0.1) is 0 Å². The molecule has 0 spiro atoms. The van der Waals surface area contributed by atoms with Gasteiger partial charge in [-0.25, -0.2) is 9.80 Å². The molecule has 24 heavy (non-hydrogen) atoms. The molecule has 5 nitrogen and oxygen atoms in total. The van der Waals surface area contributed by atoms with Crippen LogP contribution < -0.4 is 5.01 Å². The molecule has 0 radical (unpaired) electrons. The highest BCUT2D eigenvalue weighted by molar-refractivity contribution is 9.09. The smallest absolute Gasteiger partial charge is 0.353 e. The number of ether oxygens (including phenoxy) is 2. The van der Waals surface area contributed by atoms with Crippen LogP contribution in [-0.4, -0.2) is 29.9 Å². The third-order valence-electron chi connectivity index (χ3n) is 3.48. The molecule has 2 aromatic carbocycles. The van der Waals surface area contributed by atoms with Gasteiger partial charge in [0.05, 0.1) is 22.8 Å². The second kappa shape index (κ2) is 8.08. The molecule has 1 heterocycles. The number of anilines is 2. The fraction of sp³-hybridized carbons (Fsp3) is 0.222. The lowest BCUT2D eigenvalue weighted by molar-refractivity contribution is -0.159. The van der Waals surface area contributed by atoms with Gasteiger partial charge < -0.3 is 9.47 Å². The molecule has 0 aromatic heterocycles. The number of hydrazone groups is 1. The highest BCUT2D eigenvalue weighted by atomic mass is 79.9. The third kappa shape index (κ3) is 4.21. The molecule has 0 bridgehead atoms. The van der Waals surface area contributed by atoms with Crippen molar-refractivity contribution < 1.29 is 14.3 Å². The fourth-order valence-corrected chi connectivity index (χ4v) is 2.76. The van der Waals surface area contributed by atoms with Crippen LogP contribution in [0.1, 0.15) is 6.42 Å². The lowest BCUT2D eigenvalue weighted by Gasteiger charge is -2.19. The lowest BCUT2D eigenvalue weighted by atomic mass is 10.2. The molecular formula is C18H17BrN2O3. The van der Waals surface area contributed by atoms with E-state index in [1.165, 1.54) is 6.21 Å². The Kier molecular flexibility index (Phi) is 5.61. The van der Waals surface area contributed by atoms with Gasteiger partial charge in [-0.3, -0.25) is 0 Å². The van der Waals surface area contributed by atoms with E-state index >= 15 is 0 Å². The maximum Gasteiger partial charge on any atom is 0.353 e. The molecule has 1 fully saturated rings. The number of alkyl halides is 1. The quantitative estimate of drug-likeness (QED) is 0.337. The van der Waals surface area contributed by atoms with Crippen LogP contribution in [0.4, 0.5) is 11.4 Å². The molecule has 6 heteroatoms. The molecule has 0 N–H and O–H groups in total. The SMILES string of the molecule is O=C(/C=N/N(c1ccccc1)c1ccccc1)O[C@@H]1OCC[C@H]1Br. The second-order valence-electron chi connectivity index (χ2n) is 5.21. The molecule has 3 rings (SSSR count). The van der Waals surface area contributed by atoms with Crippen molar-refractivity contribution in [3.8, 4) is 0 Å². The summed E-state index contributed by atoms with van der Waals surface area (Å²) in [5.41, 5.74) is 1.70. The number of esters is 1. The summed E-state index contributed by atoms with van der Waals surface area (Å²) in [6, 6.07) is 19.2. The van der Waals surface area contributed by atoms with Gasteiger partial charge in [0.2, 0.25) is 6.29 Å². The monoisotopic (exact) mass is 388 g/mol. The molecule has 1 aliphatic rings. The lowest BCUT2D eigenvalue weighted by Crippen LogP contribution is -2.25. The average molecular weight is 389 g/mol. The van der Waals surface area contributed by atoms with Crippen molar-refractivity contribution in [2.45, 2.75) is 17.5 Å². The summed E-state index contributed by atoms with van der Waals surface area (Å²) in [6.45, 7) is 0.575. The maximum absolute atomic E-state index is 12.0. The van der Waals surface area contributed by atoms with E-state index in [0.717, 1.165) is 17.8 Å². The summed E-state index contributed by atoms with van der Waals surface area (Å²) in [5, 5.41) is 5.98. The van der Waals surface area contributed by atoms with Crippen LogP contribution in [0.3, 0.4) is 0 Å². The molecule has 1 saturated heterocycles. The average Bonchev–Trinajstić information content (AvgIpc) is 3.02. The van der Waals surface area contributed by atoms with E-state index in [9.17, 15) is 4.79 Å². The van der Waals surface area contributed by atoms with Crippen LogP contribution in [0.2, 0.25) is 0 Å². The molecule has 0 unspecified atom stereocenters. The highest BCUT2D eigenvalue weighted by Crippen LogP contribution is 2.25. The van der Waals surface area contributed by atoms with Crippen molar-refractivity contribution >= 4 is 39.5 Å². The number of para-hydroxylation sites is 2. The topological polar surface area (TPSA) is 51.1 Å². The Morgan fingerprint density at radius 3 is 2.21 bits per heavy atom. The molecule has 0 saturated carbocycles. The van der Waals surface area contributed by atoms with E-state index in [2.05, 4.69) is 21.0 Å². The molecule has 2 aromatic rings. The minimum atomic E-state index is -0.564. The van der Waals surface area contributed by atoms with Gasteiger partial charge in [-0.05, 0) is 30.7 Å². The second-order valence-corrected chi connectivity index (χ2v) is 6.38. The van der Waals surface area contributed by atoms with Gasteiger partial charge in [0.1, 0.15) is 6.21 Å². The van der Waals surface area contributed by atoms with Crippen molar-refractivity contribution in [1.29, 1.82) is 0 Å². The number of hydrogen-bond acceptors (Lipinski definition) is 5. The number of halogens is 1. The van der Waals surface area contributed by atoms with Gasteiger partial charge in [0.25, 0.3) is 0 Å². The Hall–Kier alpha value is -2.18. The Bertz CT molecular complexity index is 654. The van der Waals surface area contributed by atoms with Gasteiger partial charge in [-0.2, -0.15) is 5.10 Å². The van der Waals surface area contributed by atoms with Crippen molar-refractivity contribution in [3.05, 3.63) is 60.7 Å². The van der Waals surface area contributed by atoms with Gasteiger partial charge in [0.15, 0.2) is 0 Å². The van der Waals surface area contributed by atoms with E-state index < -0.39 is 12.3 Å². The zero-order valence-electron chi connectivity index (χ0n) is 12.9. The Morgan fingerprint density at radius 2 is 1.71 bits per heavy atom. The predicted molar refractivity (Wildman–Crippen MR) is 96.7 cm³/mol. The van der Waals surface area contributed by atoms with Gasteiger partial charge in [-0.1, -0.05) is 52.3 Å². The summed E-state index contributed by atoms with van der Waals surface area (Å²) in [5.74, 6) is -0.539. The standard InChI is InChI=1S/C18H17BrN2O3/c19-16-11-12-23-18(16)24-17(22)13-20-21(14-7-3-1-4-8-14)15-9-5-2-6-10-15/h1-10,13,16,18H,11-12H2/b20-13+/t16-,18+/m1/s1. The van der Waals surface area contributed by atoms with Crippen molar-refractivity contribution in [1.82, 2.24) is 0 Å². The number of hydrogen-bond donors (Lipinski definition) is 0. The largest absolute Gasteiger partial charge is 0.430 e. The van der Waals surface area contributed by atoms with Crippen LogP contribution in [0, 0.1) is 0 Å². The number of benzene rings is 2. The molecular weight excluding hydrogens is 372 g/mol. The Morgan fingerprint density at radius 1 is 1.12 bits per heavy atom. The summed E-state index contributed by atoms with van der Waals surface area (Å²) < 4.78 is 10.6. The van der Waals surface area contributed by atoms with Crippen LogP contribution in [0.15, 0.2) is 65.8 Å². The molecule has 2 atom stereocenters. The number of carbonyl (C=O) groups excluding carboxylic acids is 1. The van der Waals surface area contributed by atoms with Crippen LogP contribution >= 0.6 is 15.9 Å². The maximum atomic E-state index is 12.0. The summed E-state index contributed by atoms with van der Waals surface area (Å²) in [6.07, 6.45) is 1.42. The number of carbonyl (C=O) groups is 1. The van der Waals surface area contributed by atoms with E-state index in [4.69, 9.17) is 9.47 Å². The summed E-state index contributed by atoms with van der Waals surface area (Å²) in [4.78, 5) is 12.0. The Balaban J connectivity index is 1.75. The molecule has 0 aliphatic carbocycles. The van der Waals surface area contributed by atoms with Crippen molar-refractivity contribution in [2.24, 2.45) is 5.10 Å². The van der Waals surface area contributed by atoms with E-state index in [1.54, 1.807) is 5.01 Å². The molecule has 124 valence electrons. The van der Waals surface area contributed by atoms with Crippen molar-refractivity contribution in [3.63, 3.8) is 0 Å². The first-order valence-corrected chi connectivity index (χ1v) is 8.56. The number of rotatable bonds is 5. The molecule has 1 aliphatic heterocycles. The predicted octanol–water partition coefficient (Wildman–Crippen LogP) is 3.86. The Labute approximate surface area is 149 Å². The van der Waals surface area contributed by atoms with Gasteiger partial charge in [0, 0.05) is 0 Å². The van der Waals surface area contributed by atoms with Crippen molar-refractivity contribution in [2.75, 3.05) is 11.6 Å². The number of nitrogens with zero attached hydrogens (tertiary/aromatic N) is 2. The third-order valence-corrected chi connectivity index (χ3v) is 4.37. The van der Waals surface area contributed by atoms with Crippen LogP contribution in [0.25, 0.3) is 0 Å². The summed E-state index contributed by atoms with van der Waals surface area (Å²) >= 11 is 3.43. The minimum Gasteiger partial charge on any atom is -0.430 e. The fourth-order valence-electron chi connectivity index (χ4n) is 2.32.